The van der Waals surface area contributed by atoms with Gasteiger partial charge in [-0.1, -0.05) is 5.16 Å². The average Bonchev–Trinajstić information content (AvgIpc) is 3.14. The molecular weight excluding hydrogens is 310 g/mol. The van der Waals surface area contributed by atoms with Crippen LogP contribution in [0.5, 0.6) is 5.75 Å². The molecule has 1 fully saturated rings. The van der Waals surface area contributed by atoms with Crippen molar-refractivity contribution in [2.24, 2.45) is 5.92 Å². The number of ether oxygens (including phenoxy) is 1. The molecule has 2 aromatic rings. The Morgan fingerprint density at radius 1 is 1.42 bits per heavy atom. The van der Waals surface area contributed by atoms with Gasteiger partial charge in [-0.25, -0.2) is 0 Å². The van der Waals surface area contributed by atoms with Gasteiger partial charge in [-0.3, -0.25) is 9.59 Å². The number of aromatic nitrogens is 1. The molecule has 1 N–H and O–H groups in total. The van der Waals surface area contributed by atoms with Crippen LogP contribution < -0.4 is 15.0 Å². The Hall–Kier alpha value is -2.83. The van der Waals surface area contributed by atoms with Crippen LogP contribution in [-0.2, 0) is 9.59 Å². The van der Waals surface area contributed by atoms with Gasteiger partial charge in [-0.2, -0.15) is 0 Å². The first-order valence-corrected chi connectivity index (χ1v) is 7.84. The summed E-state index contributed by atoms with van der Waals surface area (Å²) in [6, 6.07) is 8.92. The first-order valence-electron chi connectivity index (χ1n) is 7.84. The second-order valence-electron chi connectivity index (χ2n) is 5.64. The van der Waals surface area contributed by atoms with E-state index in [0.717, 1.165) is 11.4 Å². The van der Waals surface area contributed by atoms with Gasteiger partial charge in [0.1, 0.15) is 11.5 Å². The van der Waals surface area contributed by atoms with Gasteiger partial charge in [-0.15, -0.1) is 0 Å². The van der Waals surface area contributed by atoms with E-state index in [9.17, 15) is 9.59 Å². The molecule has 1 aromatic heterocycles. The quantitative estimate of drug-likeness (QED) is 0.910. The summed E-state index contributed by atoms with van der Waals surface area (Å²) in [5.74, 6) is 1.01. The fourth-order valence-electron chi connectivity index (χ4n) is 2.68. The van der Waals surface area contributed by atoms with Crippen LogP contribution in [0, 0.1) is 12.8 Å². The van der Waals surface area contributed by atoms with Gasteiger partial charge in [0.05, 0.1) is 12.5 Å². The van der Waals surface area contributed by atoms with Crippen LogP contribution in [0.4, 0.5) is 11.5 Å². The van der Waals surface area contributed by atoms with Crippen molar-refractivity contribution in [1.82, 2.24) is 5.16 Å². The zero-order chi connectivity index (χ0) is 17.1. The topological polar surface area (TPSA) is 84.7 Å². The summed E-state index contributed by atoms with van der Waals surface area (Å²) in [4.78, 5) is 26.2. The normalized spacial score (nSPS) is 17.2. The molecule has 7 nitrogen and oxygen atoms in total. The fraction of sp³-hybridized carbons (Fsp3) is 0.353. The highest BCUT2D eigenvalue weighted by atomic mass is 16.5. The van der Waals surface area contributed by atoms with Crippen molar-refractivity contribution in [3.8, 4) is 5.75 Å². The van der Waals surface area contributed by atoms with Gasteiger partial charge in [0, 0.05) is 24.7 Å². The molecule has 7 heteroatoms. The van der Waals surface area contributed by atoms with Crippen molar-refractivity contribution < 1.29 is 18.8 Å². The van der Waals surface area contributed by atoms with E-state index in [-0.39, 0.29) is 18.2 Å². The third-order valence-electron chi connectivity index (χ3n) is 3.83. The van der Waals surface area contributed by atoms with Gasteiger partial charge in [0.2, 0.25) is 11.8 Å². The van der Waals surface area contributed by atoms with E-state index in [2.05, 4.69) is 10.5 Å². The molecule has 2 heterocycles. The molecule has 0 aliphatic carbocycles. The minimum Gasteiger partial charge on any atom is -0.494 e. The number of hydrogen-bond donors (Lipinski definition) is 1. The lowest BCUT2D eigenvalue weighted by atomic mass is 10.1. The molecular formula is C17H19N3O4. The summed E-state index contributed by atoms with van der Waals surface area (Å²) in [5.41, 5.74) is 0.760. The number of carbonyl (C=O) groups excluding carboxylic acids is 2. The number of benzene rings is 1. The lowest BCUT2D eigenvalue weighted by Crippen LogP contribution is -2.28. The van der Waals surface area contributed by atoms with Gasteiger partial charge in [0.25, 0.3) is 0 Å². The van der Waals surface area contributed by atoms with E-state index >= 15 is 0 Å². The van der Waals surface area contributed by atoms with Crippen LogP contribution >= 0.6 is 0 Å². The predicted octanol–water partition coefficient (Wildman–Crippen LogP) is 2.37. The molecule has 0 spiro atoms. The molecule has 126 valence electrons. The number of nitrogens with zero attached hydrogens (tertiary/aromatic N) is 2. The highest BCUT2D eigenvalue weighted by Crippen LogP contribution is 2.27. The Kier molecular flexibility index (Phi) is 4.50. The van der Waals surface area contributed by atoms with E-state index in [4.69, 9.17) is 9.26 Å². The lowest BCUT2D eigenvalue weighted by Gasteiger charge is -2.17. The number of aryl methyl sites for hydroxylation is 1. The summed E-state index contributed by atoms with van der Waals surface area (Å²) >= 11 is 0. The lowest BCUT2D eigenvalue weighted by molar-refractivity contribution is -0.122. The zero-order valence-corrected chi connectivity index (χ0v) is 13.6. The third-order valence-corrected chi connectivity index (χ3v) is 3.83. The number of anilines is 2. The maximum Gasteiger partial charge on any atom is 0.231 e. The Labute approximate surface area is 139 Å². The van der Waals surface area contributed by atoms with Gasteiger partial charge in [0.15, 0.2) is 5.82 Å². The molecule has 1 aliphatic heterocycles. The van der Waals surface area contributed by atoms with E-state index in [1.165, 1.54) is 0 Å². The number of hydrogen-bond acceptors (Lipinski definition) is 5. The summed E-state index contributed by atoms with van der Waals surface area (Å²) in [7, 11) is 0. The molecule has 1 atom stereocenters. The largest absolute Gasteiger partial charge is 0.494 e. The van der Waals surface area contributed by atoms with Crippen molar-refractivity contribution in [3.63, 3.8) is 0 Å². The van der Waals surface area contributed by atoms with E-state index in [1.54, 1.807) is 17.9 Å². The second-order valence-corrected chi connectivity index (χ2v) is 5.64. The summed E-state index contributed by atoms with van der Waals surface area (Å²) in [5, 5.41) is 6.41. The van der Waals surface area contributed by atoms with E-state index in [1.807, 2.05) is 31.2 Å². The summed E-state index contributed by atoms with van der Waals surface area (Å²) in [6.07, 6.45) is 0.176. The van der Waals surface area contributed by atoms with Crippen LogP contribution in [0.3, 0.4) is 0 Å². The SMILES string of the molecule is CCOc1ccc(N2C[C@@H](C(=O)Nc3cc(C)on3)CC2=O)cc1. The molecule has 1 aromatic carbocycles. The van der Waals surface area contributed by atoms with Gasteiger partial charge in [-0.05, 0) is 38.1 Å². The van der Waals surface area contributed by atoms with E-state index < -0.39 is 5.92 Å². The molecule has 0 radical (unpaired) electrons. The number of nitrogens with one attached hydrogen (secondary N) is 1. The minimum absolute atomic E-state index is 0.0735. The van der Waals surface area contributed by atoms with Crippen LogP contribution in [0.15, 0.2) is 34.9 Å². The highest BCUT2D eigenvalue weighted by molar-refractivity contribution is 6.03. The predicted molar refractivity (Wildman–Crippen MR) is 87.9 cm³/mol. The molecule has 0 saturated carbocycles. The van der Waals surface area contributed by atoms with Crippen molar-refractivity contribution in [1.29, 1.82) is 0 Å². The third kappa shape index (κ3) is 3.40. The molecule has 24 heavy (non-hydrogen) atoms. The van der Waals surface area contributed by atoms with Gasteiger partial charge >= 0.3 is 0 Å². The van der Waals surface area contributed by atoms with Crippen molar-refractivity contribution >= 4 is 23.3 Å². The highest BCUT2D eigenvalue weighted by Gasteiger charge is 2.35. The Bertz CT molecular complexity index is 739. The van der Waals surface area contributed by atoms with Crippen molar-refractivity contribution in [2.75, 3.05) is 23.4 Å². The van der Waals surface area contributed by atoms with Crippen LogP contribution in [0.1, 0.15) is 19.1 Å². The van der Waals surface area contributed by atoms with Gasteiger partial charge < -0.3 is 19.5 Å². The smallest absolute Gasteiger partial charge is 0.231 e. The second kappa shape index (κ2) is 6.74. The molecule has 0 unspecified atom stereocenters. The molecule has 3 rings (SSSR count). The van der Waals surface area contributed by atoms with Crippen LogP contribution in [-0.4, -0.2) is 30.1 Å². The Morgan fingerprint density at radius 2 is 2.17 bits per heavy atom. The first kappa shape index (κ1) is 16.0. The standard InChI is InChI=1S/C17H19N3O4/c1-3-23-14-6-4-13(5-7-14)20-10-12(9-16(20)21)17(22)18-15-8-11(2)24-19-15/h4-8,12H,3,9-10H2,1-2H3,(H,18,19,22)/t12-/m0/s1. The summed E-state index contributed by atoms with van der Waals surface area (Å²) in [6.45, 7) is 4.59. The fourth-order valence-corrected chi connectivity index (χ4v) is 2.68. The Morgan fingerprint density at radius 3 is 2.79 bits per heavy atom. The molecule has 0 bridgehead atoms. The first-order chi connectivity index (χ1) is 11.6. The summed E-state index contributed by atoms with van der Waals surface area (Å²) < 4.78 is 10.3. The maximum absolute atomic E-state index is 12.3. The van der Waals surface area contributed by atoms with Crippen molar-refractivity contribution in [2.45, 2.75) is 20.3 Å². The van der Waals surface area contributed by atoms with Crippen LogP contribution in [0.25, 0.3) is 0 Å². The number of amides is 2. The molecule has 2 amide bonds. The number of carbonyl (C=O) groups is 2. The minimum atomic E-state index is -0.416. The van der Waals surface area contributed by atoms with Crippen LogP contribution in [0.2, 0.25) is 0 Å². The molecule has 1 saturated heterocycles. The number of rotatable bonds is 5. The average molecular weight is 329 g/mol. The zero-order valence-electron chi connectivity index (χ0n) is 13.6. The van der Waals surface area contributed by atoms with Crippen molar-refractivity contribution in [3.05, 3.63) is 36.1 Å². The van der Waals surface area contributed by atoms with E-state index in [0.29, 0.717) is 24.7 Å². The monoisotopic (exact) mass is 329 g/mol. The molecule has 1 aliphatic rings. The Balaban J connectivity index is 1.65. The maximum atomic E-state index is 12.3.